The minimum Gasteiger partial charge on any atom is -0.348 e. The van der Waals surface area contributed by atoms with Gasteiger partial charge in [0.25, 0.3) is 0 Å². The fraction of sp³-hybridized carbons (Fsp3) is 0.778. The van der Waals surface area contributed by atoms with Crippen molar-refractivity contribution in [2.24, 2.45) is 17.8 Å². The SMILES string of the molecule is Cc1nc(SCC(=O)N(C)C)n([C@@H](C)[C@H]2C[C@H]3CC[C@H]2C3)c1C. The molecule has 4 atom stereocenters. The molecule has 0 aromatic carbocycles. The number of aromatic nitrogens is 2. The van der Waals surface area contributed by atoms with Gasteiger partial charge in [-0.2, -0.15) is 0 Å². The zero-order chi connectivity index (χ0) is 16.7. The second-order valence-electron chi connectivity index (χ2n) is 7.59. The number of carbonyl (C=O) groups is 1. The molecule has 5 heteroatoms. The summed E-state index contributed by atoms with van der Waals surface area (Å²) in [4.78, 5) is 18.3. The molecule has 2 bridgehead atoms. The monoisotopic (exact) mass is 335 g/mol. The van der Waals surface area contributed by atoms with E-state index in [1.165, 1.54) is 31.4 Å². The molecule has 1 heterocycles. The van der Waals surface area contributed by atoms with Crippen LogP contribution in [0.25, 0.3) is 0 Å². The Kier molecular flexibility index (Phi) is 4.77. The molecule has 1 aromatic heterocycles. The van der Waals surface area contributed by atoms with Crippen LogP contribution in [0.15, 0.2) is 5.16 Å². The van der Waals surface area contributed by atoms with Crippen molar-refractivity contribution in [2.75, 3.05) is 19.8 Å². The molecule has 2 fully saturated rings. The smallest absolute Gasteiger partial charge is 0.232 e. The highest BCUT2D eigenvalue weighted by Crippen LogP contribution is 2.52. The van der Waals surface area contributed by atoms with Crippen molar-refractivity contribution in [3.8, 4) is 0 Å². The molecule has 0 N–H and O–H groups in total. The van der Waals surface area contributed by atoms with Crippen molar-refractivity contribution in [3.63, 3.8) is 0 Å². The number of nitrogens with zero attached hydrogens (tertiary/aromatic N) is 3. The Morgan fingerprint density at radius 1 is 1.35 bits per heavy atom. The van der Waals surface area contributed by atoms with Gasteiger partial charge in [-0.3, -0.25) is 4.79 Å². The Bertz CT molecular complexity index is 595. The summed E-state index contributed by atoms with van der Waals surface area (Å²) in [6.45, 7) is 6.61. The Hall–Kier alpha value is -0.970. The molecular weight excluding hydrogens is 306 g/mol. The highest BCUT2D eigenvalue weighted by atomic mass is 32.2. The molecule has 0 aliphatic heterocycles. The summed E-state index contributed by atoms with van der Waals surface area (Å²) >= 11 is 1.59. The minimum atomic E-state index is 0.146. The lowest BCUT2D eigenvalue weighted by molar-refractivity contribution is -0.125. The van der Waals surface area contributed by atoms with Gasteiger partial charge in [0.05, 0.1) is 11.4 Å². The molecule has 2 aliphatic carbocycles. The van der Waals surface area contributed by atoms with Crippen LogP contribution in [0.3, 0.4) is 0 Å². The molecule has 0 unspecified atom stereocenters. The molecular formula is C18H29N3OS. The molecule has 0 radical (unpaired) electrons. The molecule has 0 saturated heterocycles. The van der Waals surface area contributed by atoms with Gasteiger partial charge in [0.2, 0.25) is 5.91 Å². The van der Waals surface area contributed by atoms with Crippen molar-refractivity contribution in [1.29, 1.82) is 0 Å². The Balaban J connectivity index is 1.79. The van der Waals surface area contributed by atoms with Gasteiger partial charge in [-0.1, -0.05) is 18.2 Å². The van der Waals surface area contributed by atoms with Crippen LogP contribution >= 0.6 is 11.8 Å². The maximum Gasteiger partial charge on any atom is 0.232 e. The van der Waals surface area contributed by atoms with E-state index in [1.807, 2.05) is 14.1 Å². The first-order valence-corrected chi connectivity index (χ1v) is 9.75. The van der Waals surface area contributed by atoms with Gasteiger partial charge in [0.15, 0.2) is 5.16 Å². The Morgan fingerprint density at radius 3 is 2.65 bits per heavy atom. The third-order valence-electron chi connectivity index (χ3n) is 6.00. The van der Waals surface area contributed by atoms with E-state index in [0.717, 1.165) is 28.6 Å². The summed E-state index contributed by atoms with van der Waals surface area (Å²) in [5, 5.41) is 1.02. The first kappa shape index (κ1) is 16.9. The normalized spacial score (nSPS) is 27.4. The van der Waals surface area contributed by atoms with Gasteiger partial charge >= 0.3 is 0 Å². The number of fused-ring (bicyclic) bond motifs is 2. The second-order valence-corrected chi connectivity index (χ2v) is 8.53. The maximum absolute atomic E-state index is 11.9. The number of hydrogen-bond acceptors (Lipinski definition) is 3. The maximum atomic E-state index is 11.9. The number of carbonyl (C=O) groups excluding carboxylic acids is 1. The first-order chi connectivity index (χ1) is 10.9. The van der Waals surface area contributed by atoms with E-state index in [-0.39, 0.29) is 5.91 Å². The average molecular weight is 336 g/mol. The van der Waals surface area contributed by atoms with Crippen LogP contribution in [0, 0.1) is 31.6 Å². The largest absolute Gasteiger partial charge is 0.348 e. The minimum absolute atomic E-state index is 0.146. The molecule has 2 saturated carbocycles. The van der Waals surface area contributed by atoms with Crippen molar-refractivity contribution >= 4 is 17.7 Å². The van der Waals surface area contributed by atoms with Crippen LogP contribution in [0.2, 0.25) is 0 Å². The summed E-state index contributed by atoms with van der Waals surface area (Å²) in [6, 6.07) is 0.489. The topological polar surface area (TPSA) is 38.1 Å². The standard InChI is InChI=1S/C18H29N3OS/c1-11-12(2)21(18(19-11)23-10-17(22)20(4)5)13(3)16-9-14-6-7-15(16)8-14/h13-16H,6-10H2,1-5H3/t13-,14-,15-,16+/m0/s1. The second kappa shape index (κ2) is 6.50. The predicted octanol–water partition coefficient (Wildman–Crippen LogP) is 3.68. The van der Waals surface area contributed by atoms with E-state index in [4.69, 9.17) is 4.98 Å². The summed E-state index contributed by atoms with van der Waals surface area (Å²) in [5.74, 6) is 3.26. The van der Waals surface area contributed by atoms with Crippen LogP contribution in [-0.4, -0.2) is 40.2 Å². The average Bonchev–Trinajstić information content (AvgIpc) is 3.20. The Morgan fingerprint density at radius 2 is 2.09 bits per heavy atom. The van der Waals surface area contributed by atoms with Crippen LogP contribution in [-0.2, 0) is 4.79 Å². The summed E-state index contributed by atoms with van der Waals surface area (Å²) in [7, 11) is 3.62. The highest BCUT2D eigenvalue weighted by molar-refractivity contribution is 7.99. The van der Waals surface area contributed by atoms with Crippen LogP contribution < -0.4 is 0 Å². The van der Waals surface area contributed by atoms with Crippen LogP contribution in [0.1, 0.15) is 50.0 Å². The fourth-order valence-electron chi connectivity index (χ4n) is 4.51. The lowest BCUT2D eigenvalue weighted by Gasteiger charge is -2.30. The number of thioether (sulfide) groups is 1. The van der Waals surface area contributed by atoms with E-state index in [2.05, 4.69) is 25.3 Å². The van der Waals surface area contributed by atoms with E-state index < -0.39 is 0 Å². The van der Waals surface area contributed by atoms with Gasteiger partial charge in [-0.25, -0.2) is 4.98 Å². The van der Waals surface area contributed by atoms with Crippen molar-refractivity contribution in [1.82, 2.24) is 14.5 Å². The van der Waals surface area contributed by atoms with Gasteiger partial charge in [-0.05, 0) is 57.8 Å². The number of hydrogen-bond donors (Lipinski definition) is 0. The van der Waals surface area contributed by atoms with E-state index in [9.17, 15) is 4.79 Å². The number of amides is 1. The van der Waals surface area contributed by atoms with E-state index in [0.29, 0.717) is 11.8 Å². The molecule has 4 nitrogen and oxygen atoms in total. The zero-order valence-electron chi connectivity index (χ0n) is 15.0. The van der Waals surface area contributed by atoms with Gasteiger partial charge in [0, 0.05) is 25.8 Å². The number of rotatable bonds is 5. The molecule has 1 aromatic rings. The third kappa shape index (κ3) is 3.17. The van der Waals surface area contributed by atoms with Crippen LogP contribution in [0.5, 0.6) is 0 Å². The summed E-state index contributed by atoms with van der Waals surface area (Å²) in [5.41, 5.74) is 2.36. The van der Waals surface area contributed by atoms with Gasteiger partial charge in [0.1, 0.15) is 0 Å². The molecule has 23 heavy (non-hydrogen) atoms. The lowest BCUT2D eigenvalue weighted by atomic mass is 9.84. The van der Waals surface area contributed by atoms with Crippen molar-refractivity contribution < 1.29 is 4.79 Å². The van der Waals surface area contributed by atoms with E-state index >= 15 is 0 Å². The van der Waals surface area contributed by atoms with Crippen LogP contribution in [0.4, 0.5) is 0 Å². The first-order valence-electron chi connectivity index (χ1n) is 8.76. The molecule has 0 spiro atoms. The number of imidazole rings is 1. The predicted molar refractivity (Wildman–Crippen MR) is 94.8 cm³/mol. The highest BCUT2D eigenvalue weighted by Gasteiger charge is 2.43. The zero-order valence-corrected chi connectivity index (χ0v) is 15.8. The molecule has 2 aliphatic rings. The molecule has 128 valence electrons. The lowest BCUT2D eigenvalue weighted by Crippen LogP contribution is -2.25. The summed E-state index contributed by atoms with van der Waals surface area (Å²) < 4.78 is 2.41. The quantitative estimate of drug-likeness (QED) is 0.771. The van der Waals surface area contributed by atoms with Crippen molar-refractivity contribution in [3.05, 3.63) is 11.4 Å². The number of aryl methyl sites for hydroxylation is 1. The van der Waals surface area contributed by atoms with Gasteiger partial charge in [-0.15, -0.1) is 0 Å². The Labute approximate surface area is 144 Å². The summed E-state index contributed by atoms with van der Waals surface area (Å²) in [6.07, 6.45) is 5.66. The third-order valence-corrected chi connectivity index (χ3v) is 6.94. The fourth-order valence-corrected chi connectivity index (χ4v) is 5.66. The van der Waals surface area contributed by atoms with E-state index in [1.54, 1.807) is 16.7 Å². The van der Waals surface area contributed by atoms with Gasteiger partial charge < -0.3 is 9.47 Å². The van der Waals surface area contributed by atoms with Crippen molar-refractivity contribution in [2.45, 2.75) is 57.7 Å². The molecule has 1 amide bonds. The molecule has 3 rings (SSSR count).